The number of fused-ring (bicyclic) bond motifs is 3. The van der Waals surface area contributed by atoms with Crippen LogP contribution < -0.4 is 15.9 Å². The predicted octanol–water partition coefficient (Wildman–Crippen LogP) is 14.1. The van der Waals surface area contributed by atoms with Crippen molar-refractivity contribution in [3.05, 3.63) is 298 Å². The number of hydrogen-bond donors (Lipinski definition) is 0. The molecular weight excluding hydrogens is 830 g/mol. The lowest BCUT2D eigenvalue weighted by molar-refractivity contribution is 0.592. The van der Waals surface area contributed by atoms with Crippen LogP contribution in [0, 0.1) is 13.8 Å². The molecule has 2 nitrogen and oxygen atoms in total. The van der Waals surface area contributed by atoms with Crippen LogP contribution in [0.15, 0.2) is 243 Å². The third-order valence-corrected chi connectivity index (χ3v) is 18.0. The van der Waals surface area contributed by atoms with E-state index in [2.05, 4.69) is 200 Å². The summed E-state index contributed by atoms with van der Waals surface area (Å²) in [6.07, 6.45) is 0. The molecule has 11 aromatic rings. The minimum Gasteiger partial charge on any atom is -0.309 e. The smallest absolute Gasteiger partial charge is 0.171 e. The van der Waals surface area contributed by atoms with Crippen LogP contribution >= 0.6 is 7.14 Å². The second-order valence-electron chi connectivity index (χ2n) is 18.4. The number of rotatable bonds is 8. The van der Waals surface area contributed by atoms with Gasteiger partial charge in [-0.25, -0.2) is 0 Å². The highest BCUT2D eigenvalue weighted by Crippen LogP contribution is 2.67. The molecule has 0 unspecified atom stereocenters. The molecule has 0 fully saturated rings. The van der Waals surface area contributed by atoms with Crippen LogP contribution in [0.25, 0.3) is 38.6 Å². The van der Waals surface area contributed by atoms with Crippen LogP contribution in [-0.2, 0) is 15.4 Å². The van der Waals surface area contributed by atoms with Crippen LogP contribution in [0.3, 0.4) is 0 Å². The summed E-state index contributed by atoms with van der Waals surface area (Å²) in [5, 5.41) is 4.96. The Morgan fingerprint density at radius 2 is 0.657 bits per heavy atom. The first kappa shape index (κ1) is 39.6. The van der Waals surface area contributed by atoms with Gasteiger partial charge in [0.1, 0.15) is 0 Å². The first-order chi connectivity index (χ1) is 32.9. The lowest BCUT2D eigenvalue weighted by Crippen LogP contribution is -2.34. The maximum atomic E-state index is 15.8. The molecule has 0 amide bonds. The van der Waals surface area contributed by atoms with Crippen molar-refractivity contribution in [3.8, 4) is 16.8 Å². The summed E-state index contributed by atoms with van der Waals surface area (Å²) in [7, 11) is -3.23. The molecule has 2 aliphatic carbocycles. The van der Waals surface area contributed by atoms with Crippen molar-refractivity contribution in [1.29, 1.82) is 0 Å². The molecular formula is C64H46NOP. The van der Waals surface area contributed by atoms with Gasteiger partial charge in [-0.05, 0) is 93.7 Å². The Balaban J connectivity index is 1.10. The maximum absolute atomic E-state index is 15.8. The van der Waals surface area contributed by atoms with E-state index in [0.29, 0.717) is 0 Å². The minimum absolute atomic E-state index is 0.525. The van der Waals surface area contributed by atoms with Gasteiger partial charge in [-0.2, -0.15) is 0 Å². The molecule has 3 heteroatoms. The molecule has 0 atom stereocenters. The molecule has 0 N–H and O–H groups in total. The van der Waals surface area contributed by atoms with E-state index in [4.69, 9.17) is 0 Å². The highest BCUT2D eigenvalue weighted by Gasteiger charge is 2.56. The maximum Gasteiger partial charge on any atom is 0.171 e. The van der Waals surface area contributed by atoms with Gasteiger partial charge in [-0.15, -0.1) is 0 Å². The summed E-state index contributed by atoms with van der Waals surface area (Å²) in [5.74, 6) is 0. The summed E-state index contributed by atoms with van der Waals surface area (Å²) in [6, 6.07) is 87.8. The zero-order valence-corrected chi connectivity index (χ0v) is 38.3. The number of hydrogen-bond acceptors (Lipinski definition) is 1. The molecule has 1 aromatic heterocycles. The Hall–Kier alpha value is -7.77. The van der Waals surface area contributed by atoms with Crippen molar-refractivity contribution < 1.29 is 4.57 Å². The fourth-order valence-corrected chi connectivity index (χ4v) is 14.9. The molecule has 0 saturated heterocycles. The molecule has 0 saturated carbocycles. The molecule has 318 valence electrons. The van der Waals surface area contributed by atoms with Gasteiger partial charge in [0.05, 0.1) is 21.9 Å². The van der Waals surface area contributed by atoms with Gasteiger partial charge in [0.2, 0.25) is 0 Å². The van der Waals surface area contributed by atoms with Crippen molar-refractivity contribution in [1.82, 2.24) is 4.57 Å². The minimum atomic E-state index is -3.23. The van der Waals surface area contributed by atoms with Gasteiger partial charge < -0.3 is 9.13 Å². The van der Waals surface area contributed by atoms with Crippen molar-refractivity contribution in [2.45, 2.75) is 24.7 Å². The molecule has 1 heterocycles. The second kappa shape index (κ2) is 14.9. The van der Waals surface area contributed by atoms with Crippen molar-refractivity contribution in [2.75, 3.05) is 0 Å². The van der Waals surface area contributed by atoms with E-state index in [1.807, 2.05) is 60.7 Å². The predicted molar refractivity (Wildman–Crippen MR) is 279 cm³/mol. The van der Waals surface area contributed by atoms with Gasteiger partial charge in [0, 0.05) is 32.4 Å². The van der Waals surface area contributed by atoms with Crippen LogP contribution in [0.2, 0.25) is 0 Å². The quantitative estimate of drug-likeness (QED) is 0.139. The largest absolute Gasteiger partial charge is 0.309 e. The summed E-state index contributed by atoms with van der Waals surface area (Å²) in [4.78, 5) is 0. The van der Waals surface area contributed by atoms with E-state index in [-0.39, 0.29) is 0 Å². The van der Waals surface area contributed by atoms with Gasteiger partial charge in [-0.1, -0.05) is 230 Å². The zero-order valence-electron chi connectivity index (χ0n) is 37.4. The Kier molecular flexibility index (Phi) is 8.79. The highest BCUT2D eigenvalue weighted by atomic mass is 31.2. The van der Waals surface area contributed by atoms with Gasteiger partial charge >= 0.3 is 0 Å². The number of aryl methyl sites for hydroxylation is 2. The summed E-state index contributed by atoms with van der Waals surface area (Å²) in [6.45, 7) is 4.53. The number of nitrogens with zero attached hydrogens (tertiary/aromatic N) is 1. The fourth-order valence-electron chi connectivity index (χ4n) is 12.2. The molecule has 0 aliphatic heterocycles. The fraction of sp³-hybridized carbons (Fsp3) is 0.0625. The van der Waals surface area contributed by atoms with E-state index in [9.17, 15) is 0 Å². The normalized spacial score (nSPS) is 14.1. The van der Waals surface area contributed by atoms with E-state index in [1.165, 1.54) is 83.0 Å². The second-order valence-corrected chi connectivity index (χ2v) is 21.2. The molecule has 2 aliphatic rings. The lowest BCUT2D eigenvalue weighted by Gasteiger charge is -2.39. The number of benzene rings is 10. The lowest BCUT2D eigenvalue weighted by atomic mass is 9.62. The van der Waals surface area contributed by atoms with Crippen LogP contribution in [0.4, 0.5) is 0 Å². The SMILES string of the molecule is Cc1cc2c3c(c1)C(c1ccc(-n4c5ccccc5c5ccccc54)cc1)(c1ccc(P(=O)(c4ccccc4)c4ccccc4)cc1)c1cc(C)cc(c1-3)C2(c1ccccc1)c1ccccc1. The van der Waals surface area contributed by atoms with Crippen LogP contribution in [0.1, 0.15) is 55.6 Å². The zero-order chi connectivity index (χ0) is 44.9. The Morgan fingerprint density at radius 1 is 0.343 bits per heavy atom. The monoisotopic (exact) mass is 875 g/mol. The Morgan fingerprint density at radius 3 is 1.06 bits per heavy atom. The average Bonchev–Trinajstić information content (AvgIpc) is 3.99. The van der Waals surface area contributed by atoms with E-state index < -0.39 is 18.0 Å². The van der Waals surface area contributed by atoms with Crippen molar-refractivity contribution in [2.24, 2.45) is 0 Å². The Bertz CT molecular complexity index is 3560. The van der Waals surface area contributed by atoms with Gasteiger partial charge in [0.25, 0.3) is 0 Å². The van der Waals surface area contributed by atoms with E-state index in [0.717, 1.165) is 27.2 Å². The van der Waals surface area contributed by atoms with Gasteiger partial charge in [0.15, 0.2) is 7.14 Å². The van der Waals surface area contributed by atoms with Crippen molar-refractivity contribution >= 4 is 44.9 Å². The molecule has 10 aromatic carbocycles. The summed E-state index contributed by atoms with van der Waals surface area (Å²) < 4.78 is 18.2. The summed E-state index contributed by atoms with van der Waals surface area (Å²) in [5.41, 5.74) is 17.4. The third-order valence-electron chi connectivity index (χ3n) is 14.9. The molecule has 0 spiro atoms. The Labute approximate surface area is 391 Å². The first-order valence-electron chi connectivity index (χ1n) is 23.3. The van der Waals surface area contributed by atoms with E-state index in [1.54, 1.807) is 0 Å². The standard InChI is InChI=1S/C64H46NOP/c1-43-39-55-61-57(41-43)64(47-31-35-49(36-32-47)65-59-29-17-15-27-53(59)54-28-16-18-30-60(54)65,48-33-37-52(38-34-48)67(66,50-23-11-5-12-24-50)51-25-13-6-14-26-51)58-42-44(2)40-56(62(58)61)63(55,45-19-7-3-8-20-45)46-21-9-4-10-22-46/h3-42H,1-2H3. The number of aromatic nitrogens is 1. The highest BCUT2D eigenvalue weighted by molar-refractivity contribution is 7.85. The molecule has 0 bridgehead atoms. The topological polar surface area (TPSA) is 22.0 Å². The van der Waals surface area contributed by atoms with Gasteiger partial charge in [-0.3, -0.25) is 0 Å². The third kappa shape index (κ3) is 5.42. The first-order valence-corrected chi connectivity index (χ1v) is 25.0. The average molecular weight is 876 g/mol. The number of para-hydroxylation sites is 2. The van der Waals surface area contributed by atoms with E-state index >= 15 is 4.57 Å². The van der Waals surface area contributed by atoms with Crippen LogP contribution in [0.5, 0.6) is 0 Å². The molecule has 13 rings (SSSR count). The van der Waals surface area contributed by atoms with Crippen molar-refractivity contribution in [3.63, 3.8) is 0 Å². The van der Waals surface area contributed by atoms with Crippen LogP contribution in [-0.4, -0.2) is 4.57 Å². The molecule has 0 radical (unpaired) electrons. The summed E-state index contributed by atoms with van der Waals surface area (Å²) >= 11 is 0. The molecule has 67 heavy (non-hydrogen) atoms.